The number of rotatable bonds is 2. The van der Waals surface area contributed by atoms with Gasteiger partial charge in [0, 0.05) is 17.9 Å². The van der Waals surface area contributed by atoms with Crippen LogP contribution in [0.2, 0.25) is 0 Å². The highest BCUT2D eigenvalue weighted by Crippen LogP contribution is 2.12. The van der Waals surface area contributed by atoms with Crippen LogP contribution in [0.3, 0.4) is 0 Å². The summed E-state index contributed by atoms with van der Waals surface area (Å²) in [5.41, 5.74) is 1.69. The molecule has 0 bridgehead atoms. The molecule has 0 saturated heterocycles. The first-order valence-corrected chi connectivity index (χ1v) is 5.04. The zero-order chi connectivity index (χ0) is 10.2. The lowest BCUT2D eigenvalue weighted by atomic mass is 10.2. The number of aliphatic imine (C=N–C) groups is 1. The van der Waals surface area contributed by atoms with Gasteiger partial charge in [0.05, 0.1) is 10.8 Å². The van der Waals surface area contributed by atoms with Crippen LogP contribution < -0.4 is 0 Å². The summed E-state index contributed by atoms with van der Waals surface area (Å²) in [5.74, 6) is 6.50. The first-order valence-electron chi connectivity index (χ1n) is 4.09. The number of isothiocyanates is 1. The van der Waals surface area contributed by atoms with Gasteiger partial charge in [-0.2, -0.15) is 4.99 Å². The van der Waals surface area contributed by atoms with Crippen molar-refractivity contribution in [1.82, 2.24) is 0 Å². The molecule has 1 rings (SSSR count). The van der Waals surface area contributed by atoms with E-state index in [1.165, 1.54) is 0 Å². The summed E-state index contributed by atoms with van der Waals surface area (Å²) < 4.78 is 0. The van der Waals surface area contributed by atoms with Crippen molar-refractivity contribution in [2.45, 2.75) is 6.42 Å². The molecule has 0 N–H and O–H groups in total. The molecule has 0 radical (unpaired) electrons. The van der Waals surface area contributed by atoms with Gasteiger partial charge >= 0.3 is 0 Å². The number of hydrogen-bond acceptors (Lipinski definition) is 2. The van der Waals surface area contributed by atoms with Gasteiger partial charge in [-0.25, -0.2) is 0 Å². The van der Waals surface area contributed by atoms with Crippen molar-refractivity contribution < 1.29 is 0 Å². The summed E-state index contributed by atoms with van der Waals surface area (Å²) in [5, 5.41) is 2.32. The zero-order valence-electron chi connectivity index (χ0n) is 7.46. The Balaban J connectivity index is 2.84. The summed E-state index contributed by atoms with van der Waals surface area (Å²) in [6.07, 6.45) is 0.697. The molecule has 0 amide bonds. The van der Waals surface area contributed by atoms with Gasteiger partial charge in [-0.1, -0.05) is 17.9 Å². The van der Waals surface area contributed by atoms with Gasteiger partial charge in [0.15, 0.2) is 0 Å². The molecule has 0 aromatic heterocycles. The average molecular weight is 222 g/mol. The van der Waals surface area contributed by atoms with E-state index in [2.05, 4.69) is 34.2 Å². The zero-order valence-corrected chi connectivity index (χ0v) is 9.03. The third-order valence-electron chi connectivity index (χ3n) is 1.47. The number of hydrogen-bond donors (Lipinski definition) is 0. The predicted molar refractivity (Wildman–Crippen MR) is 63.3 cm³/mol. The van der Waals surface area contributed by atoms with E-state index >= 15 is 0 Å². The molecule has 1 aromatic rings. The third kappa shape index (κ3) is 3.72. The summed E-state index contributed by atoms with van der Waals surface area (Å²) in [6.45, 7) is 0. The second-order valence-electron chi connectivity index (χ2n) is 2.49. The van der Waals surface area contributed by atoms with E-state index in [0.717, 1.165) is 11.3 Å². The molecular formula is C11H8ClNS. The normalized spacial score (nSPS) is 8.36. The molecule has 70 valence electrons. The van der Waals surface area contributed by atoms with Crippen molar-refractivity contribution in [2.75, 3.05) is 5.88 Å². The molecule has 14 heavy (non-hydrogen) atoms. The van der Waals surface area contributed by atoms with Gasteiger partial charge in [0.2, 0.25) is 0 Å². The fraction of sp³-hybridized carbons (Fsp3) is 0.182. The second kappa shape index (κ2) is 6.34. The molecule has 0 atom stereocenters. The first-order chi connectivity index (χ1) is 6.86. The second-order valence-corrected chi connectivity index (χ2v) is 3.05. The number of benzene rings is 1. The molecule has 0 fully saturated rings. The molecule has 0 aliphatic carbocycles. The van der Waals surface area contributed by atoms with Crippen molar-refractivity contribution in [3.63, 3.8) is 0 Å². The van der Waals surface area contributed by atoms with Crippen LogP contribution in [0, 0.1) is 11.8 Å². The van der Waals surface area contributed by atoms with Gasteiger partial charge in [0.25, 0.3) is 0 Å². The Morgan fingerprint density at radius 3 is 3.00 bits per heavy atom. The predicted octanol–water partition coefficient (Wildman–Crippen LogP) is 3.40. The molecular weight excluding hydrogens is 214 g/mol. The minimum atomic E-state index is 0.560. The summed E-state index contributed by atoms with van der Waals surface area (Å²) in [4.78, 5) is 3.87. The van der Waals surface area contributed by atoms with Crippen molar-refractivity contribution in [2.24, 2.45) is 4.99 Å². The van der Waals surface area contributed by atoms with Gasteiger partial charge in [-0.3, -0.25) is 0 Å². The maximum Gasteiger partial charge on any atom is 0.0751 e. The van der Waals surface area contributed by atoms with Crippen LogP contribution in [0.4, 0.5) is 5.69 Å². The molecule has 0 heterocycles. The Bertz CT molecular complexity index is 411. The third-order valence-corrected chi connectivity index (χ3v) is 1.75. The van der Waals surface area contributed by atoms with E-state index in [9.17, 15) is 0 Å². The van der Waals surface area contributed by atoms with Crippen LogP contribution in [0.5, 0.6) is 0 Å². The molecule has 3 heteroatoms. The summed E-state index contributed by atoms with van der Waals surface area (Å²) in [7, 11) is 0. The molecule has 0 spiro atoms. The fourth-order valence-corrected chi connectivity index (χ4v) is 1.12. The standard InChI is InChI=1S/C11H8ClNS/c12-7-2-1-4-10-5-3-6-11(8-10)13-9-14/h3,5-6,8H,2,7H2. The van der Waals surface area contributed by atoms with Crippen molar-refractivity contribution in [3.05, 3.63) is 29.8 Å². The van der Waals surface area contributed by atoms with E-state index in [0.29, 0.717) is 12.3 Å². The monoisotopic (exact) mass is 221 g/mol. The lowest BCUT2D eigenvalue weighted by molar-refractivity contribution is 1.29. The Kier molecular flexibility index (Phi) is 4.96. The van der Waals surface area contributed by atoms with E-state index in [-0.39, 0.29) is 0 Å². The summed E-state index contributed by atoms with van der Waals surface area (Å²) in [6, 6.07) is 7.52. The molecule has 1 aromatic carbocycles. The van der Waals surface area contributed by atoms with Crippen molar-refractivity contribution in [3.8, 4) is 11.8 Å². The number of halogens is 1. The minimum Gasteiger partial charge on any atom is -0.195 e. The molecule has 0 aliphatic heterocycles. The highest BCUT2D eigenvalue weighted by atomic mass is 35.5. The highest BCUT2D eigenvalue weighted by molar-refractivity contribution is 7.78. The smallest absolute Gasteiger partial charge is 0.0751 e. The minimum absolute atomic E-state index is 0.560. The van der Waals surface area contributed by atoms with Crippen molar-refractivity contribution in [1.29, 1.82) is 0 Å². The fourth-order valence-electron chi connectivity index (χ4n) is 0.918. The maximum absolute atomic E-state index is 5.50. The SMILES string of the molecule is S=C=Nc1cccc(C#CCCCl)c1. The van der Waals surface area contributed by atoms with Crippen LogP contribution in [-0.4, -0.2) is 11.0 Å². The number of thiocarbonyl (C=S) groups is 1. The van der Waals surface area contributed by atoms with E-state index < -0.39 is 0 Å². The number of nitrogens with zero attached hydrogens (tertiary/aromatic N) is 1. The Labute approximate surface area is 93.8 Å². The van der Waals surface area contributed by atoms with Crippen LogP contribution >= 0.6 is 23.8 Å². The molecule has 0 unspecified atom stereocenters. The van der Waals surface area contributed by atoms with Crippen LogP contribution in [0.15, 0.2) is 29.3 Å². The van der Waals surface area contributed by atoms with Crippen LogP contribution in [0.25, 0.3) is 0 Å². The van der Waals surface area contributed by atoms with E-state index in [4.69, 9.17) is 11.6 Å². The van der Waals surface area contributed by atoms with Gasteiger partial charge in [-0.05, 0) is 30.4 Å². The van der Waals surface area contributed by atoms with E-state index in [1.54, 1.807) is 0 Å². The summed E-state index contributed by atoms with van der Waals surface area (Å²) >= 11 is 10.0. The largest absolute Gasteiger partial charge is 0.195 e. The van der Waals surface area contributed by atoms with Gasteiger partial charge < -0.3 is 0 Å². The molecule has 0 saturated carbocycles. The first kappa shape index (κ1) is 10.9. The van der Waals surface area contributed by atoms with Crippen molar-refractivity contribution >= 4 is 34.7 Å². The number of alkyl halides is 1. The average Bonchev–Trinajstić information content (AvgIpc) is 2.19. The lowest BCUT2D eigenvalue weighted by Crippen LogP contribution is -1.74. The Morgan fingerprint density at radius 2 is 2.29 bits per heavy atom. The quantitative estimate of drug-likeness (QED) is 0.323. The molecule has 1 nitrogen and oxygen atoms in total. The lowest BCUT2D eigenvalue weighted by Gasteiger charge is -1.91. The highest BCUT2D eigenvalue weighted by Gasteiger charge is 1.89. The maximum atomic E-state index is 5.50. The Hall–Kier alpha value is -1.13. The Morgan fingerprint density at radius 1 is 1.43 bits per heavy atom. The molecule has 0 aliphatic rings. The van der Waals surface area contributed by atoms with Crippen LogP contribution in [-0.2, 0) is 0 Å². The van der Waals surface area contributed by atoms with E-state index in [1.807, 2.05) is 24.3 Å². The van der Waals surface area contributed by atoms with Gasteiger partial charge in [-0.15, -0.1) is 11.6 Å². The van der Waals surface area contributed by atoms with Gasteiger partial charge in [0.1, 0.15) is 0 Å². The topological polar surface area (TPSA) is 12.4 Å². The van der Waals surface area contributed by atoms with Crippen LogP contribution in [0.1, 0.15) is 12.0 Å².